The summed E-state index contributed by atoms with van der Waals surface area (Å²) in [6.45, 7) is 1.76. The van der Waals surface area contributed by atoms with Crippen LogP contribution in [0.25, 0.3) is 0 Å². The van der Waals surface area contributed by atoms with Gasteiger partial charge in [-0.1, -0.05) is 0 Å². The lowest BCUT2D eigenvalue weighted by atomic mass is 10.1. The van der Waals surface area contributed by atoms with E-state index >= 15 is 0 Å². The molecule has 0 unspecified atom stereocenters. The Kier molecular flexibility index (Phi) is 3.88. The second-order valence-corrected chi connectivity index (χ2v) is 3.43. The van der Waals surface area contributed by atoms with E-state index in [1.165, 1.54) is 0 Å². The molecule has 0 aliphatic rings. The Hall–Kier alpha value is -2.04. The first-order valence-corrected chi connectivity index (χ1v) is 4.82. The zero-order chi connectivity index (χ0) is 12.1. The first kappa shape index (κ1) is 12.0. The van der Waals surface area contributed by atoms with Crippen molar-refractivity contribution in [1.82, 2.24) is 0 Å². The van der Waals surface area contributed by atoms with Crippen LogP contribution in [0.5, 0.6) is 0 Å². The number of nitrogens with two attached hydrogens (primary N) is 2. The van der Waals surface area contributed by atoms with E-state index in [1.807, 2.05) is 0 Å². The number of aryl methyl sites for hydroxylation is 1. The molecule has 0 atom stereocenters. The van der Waals surface area contributed by atoms with Crippen molar-refractivity contribution in [1.29, 1.82) is 0 Å². The SMILES string of the molecule is Cc1cc(N)ccc1C(=O)OCCC(N)=O. The van der Waals surface area contributed by atoms with Gasteiger partial charge in [0, 0.05) is 5.69 Å². The molecule has 1 rings (SSSR count). The zero-order valence-corrected chi connectivity index (χ0v) is 9.03. The van der Waals surface area contributed by atoms with Crippen LogP contribution in [0.3, 0.4) is 0 Å². The van der Waals surface area contributed by atoms with Crippen LogP contribution in [0.15, 0.2) is 18.2 Å². The number of hydrogen-bond acceptors (Lipinski definition) is 4. The van der Waals surface area contributed by atoms with Gasteiger partial charge in [-0.05, 0) is 30.7 Å². The average molecular weight is 222 g/mol. The predicted molar refractivity (Wildman–Crippen MR) is 59.7 cm³/mol. The lowest BCUT2D eigenvalue weighted by Crippen LogP contribution is -2.16. The molecule has 0 bridgehead atoms. The maximum absolute atomic E-state index is 11.5. The maximum atomic E-state index is 11.5. The van der Waals surface area contributed by atoms with Crippen LogP contribution in [-0.4, -0.2) is 18.5 Å². The summed E-state index contributed by atoms with van der Waals surface area (Å²) in [5.74, 6) is -0.972. The van der Waals surface area contributed by atoms with Crippen LogP contribution in [0.2, 0.25) is 0 Å². The van der Waals surface area contributed by atoms with Gasteiger partial charge in [-0.25, -0.2) is 4.79 Å². The normalized spacial score (nSPS) is 9.81. The molecule has 16 heavy (non-hydrogen) atoms. The monoisotopic (exact) mass is 222 g/mol. The van der Waals surface area contributed by atoms with Gasteiger partial charge < -0.3 is 16.2 Å². The van der Waals surface area contributed by atoms with Gasteiger partial charge in [0.25, 0.3) is 0 Å². The molecule has 1 aromatic carbocycles. The minimum absolute atomic E-state index is 0.00200. The summed E-state index contributed by atoms with van der Waals surface area (Å²) in [6.07, 6.45) is 0.0275. The van der Waals surface area contributed by atoms with Crippen molar-refractivity contribution >= 4 is 17.6 Å². The van der Waals surface area contributed by atoms with E-state index in [4.69, 9.17) is 16.2 Å². The van der Waals surface area contributed by atoms with Gasteiger partial charge >= 0.3 is 5.97 Å². The Bertz CT molecular complexity index is 416. The number of nitrogen functional groups attached to an aromatic ring is 1. The molecule has 0 saturated carbocycles. The van der Waals surface area contributed by atoms with Crippen molar-refractivity contribution in [3.8, 4) is 0 Å². The Morgan fingerprint density at radius 1 is 1.38 bits per heavy atom. The van der Waals surface area contributed by atoms with E-state index in [1.54, 1.807) is 25.1 Å². The van der Waals surface area contributed by atoms with Gasteiger partial charge in [0.2, 0.25) is 5.91 Å². The Morgan fingerprint density at radius 3 is 2.62 bits per heavy atom. The summed E-state index contributed by atoms with van der Waals surface area (Å²) < 4.78 is 4.88. The highest BCUT2D eigenvalue weighted by Gasteiger charge is 2.10. The van der Waals surface area contributed by atoms with Crippen molar-refractivity contribution in [3.63, 3.8) is 0 Å². The topological polar surface area (TPSA) is 95.4 Å². The minimum Gasteiger partial charge on any atom is -0.462 e. The van der Waals surface area contributed by atoms with E-state index in [2.05, 4.69) is 0 Å². The number of carbonyl (C=O) groups excluding carboxylic acids is 2. The fraction of sp³-hybridized carbons (Fsp3) is 0.273. The molecule has 0 aliphatic heterocycles. The molecular weight excluding hydrogens is 208 g/mol. The van der Waals surface area contributed by atoms with Crippen molar-refractivity contribution < 1.29 is 14.3 Å². The Balaban J connectivity index is 2.63. The molecule has 0 spiro atoms. The predicted octanol–water partition coefficient (Wildman–Crippen LogP) is 0.609. The molecule has 0 saturated heterocycles. The summed E-state index contributed by atoms with van der Waals surface area (Å²) in [5, 5.41) is 0. The van der Waals surface area contributed by atoms with Crippen LogP contribution in [0.4, 0.5) is 5.69 Å². The molecule has 0 aliphatic carbocycles. The Morgan fingerprint density at radius 2 is 2.06 bits per heavy atom. The molecule has 5 nitrogen and oxygen atoms in total. The fourth-order valence-corrected chi connectivity index (χ4v) is 1.24. The fourth-order valence-electron chi connectivity index (χ4n) is 1.24. The molecule has 4 N–H and O–H groups in total. The highest BCUT2D eigenvalue weighted by molar-refractivity contribution is 5.91. The van der Waals surface area contributed by atoms with Crippen LogP contribution < -0.4 is 11.5 Å². The van der Waals surface area contributed by atoms with Gasteiger partial charge in [-0.15, -0.1) is 0 Å². The highest BCUT2D eigenvalue weighted by atomic mass is 16.5. The van der Waals surface area contributed by atoms with E-state index in [0.29, 0.717) is 11.3 Å². The highest BCUT2D eigenvalue weighted by Crippen LogP contribution is 2.13. The first-order valence-electron chi connectivity index (χ1n) is 4.82. The minimum atomic E-state index is -0.498. The van der Waals surface area contributed by atoms with Gasteiger partial charge in [0.15, 0.2) is 0 Å². The quantitative estimate of drug-likeness (QED) is 0.576. The third kappa shape index (κ3) is 3.27. The van der Waals surface area contributed by atoms with Crippen molar-refractivity contribution in [2.75, 3.05) is 12.3 Å². The van der Waals surface area contributed by atoms with Crippen LogP contribution in [-0.2, 0) is 9.53 Å². The number of anilines is 1. The third-order valence-electron chi connectivity index (χ3n) is 2.05. The lowest BCUT2D eigenvalue weighted by molar-refractivity contribution is -0.118. The molecule has 1 amide bonds. The van der Waals surface area contributed by atoms with Crippen LogP contribution in [0.1, 0.15) is 22.3 Å². The van der Waals surface area contributed by atoms with Crippen LogP contribution >= 0.6 is 0 Å². The largest absolute Gasteiger partial charge is 0.462 e. The smallest absolute Gasteiger partial charge is 0.338 e. The molecule has 0 radical (unpaired) electrons. The van der Waals surface area contributed by atoms with Crippen LogP contribution in [0, 0.1) is 6.92 Å². The number of esters is 1. The molecule has 0 heterocycles. The molecule has 86 valence electrons. The molecule has 5 heteroatoms. The number of hydrogen-bond donors (Lipinski definition) is 2. The van der Waals surface area contributed by atoms with E-state index in [-0.39, 0.29) is 13.0 Å². The summed E-state index contributed by atoms with van der Waals surface area (Å²) in [4.78, 5) is 22.0. The van der Waals surface area contributed by atoms with Crippen molar-refractivity contribution in [3.05, 3.63) is 29.3 Å². The Labute approximate surface area is 93.4 Å². The van der Waals surface area contributed by atoms with Gasteiger partial charge in [0.1, 0.15) is 6.61 Å². The van der Waals surface area contributed by atoms with Crippen molar-refractivity contribution in [2.45, 2.75) is 13.3 Å². The third-order valence-corrected chi connectivity index (χ3v) is 2.05. The number of rotatable bonds is 4. The second-order valence-electron chi connectivity index (χ2n) is 3.43. The average Bonchev–Trinajstić information content (AvgIpc) is 2.16. The molecule has 0 fully saturated rings. The number of carbonyl (C=O) groups is 2. The molecule has 1 aromatic rings. The maximum Gasteiger partial charge on any atom is 0.338 e. The lowest BCUT2D eigenvalue weighted by Gasteiger charge is -2.06. The number of benzene rings is 1. The summed E-state index contributed by atoms with van der Waals surface area (Å²) in [5.41, 5.74) is 12.2. The molecule has 0 aromatic heterocycles. The summed E-state index contributed by atoms with van der Waals surface area (Å²) in [7, 11) is 0. The standard InChI is InChI=1S/C11H14N2O3/c1-7-6-8(12)2-3-9(7)11(15)16-5-4-10(13)14/h2-3,6H,4-5,12H2,1H3,(H2,13,14). The summed E-state index contributed by atoms with van der Waals surface area (Å²) in [6, 6.07) is 4.90. The van der Waals surface area contributed by atoms with E-state index < -0.39 is 11.9 Å². The van der Waals surface area contributed by atoms with E-state index in [9.17, 15) is 9.59 Å². The number of ether oxygens (including phenoxy) is 1. The molecular formula is C11H14N2O3. The van der Waals surface area contributed by atoms with Gasteiger partial charge in [-0.3, -0.25) is 4.79 Å². The summed E-state index contributed by atoms with van der Waals surface area (Å²) >= 11 is 0. The van der Waals surface area contributed by atoms with Crippen molar-refractivity contribution in [2.24, 2.45) is 5.73 Å². The number of amides is 1. The second kappa shape index (κ2) is 5.16. The first-order chi connectivity index (χ1) is 7.50. The van der Waals surface area contributed by atoms with E-state index in [0.717, 1.165) is 5.56 Å². The zero-order valence-electron chi connectivity index (χ0n) is 9.03. The van der Waals surface area contributed by atoms with Gasteiger partial charge in [0.05, 0.1) is 12.0 Å². The van der Waals surface area contributed by atoms with Gasteiger partial charge in [-0.2, -0.15) is 0 Å². The number of primary amides is 1.